The van der Waals surface area contributed by atoms with Crippen LogP contribution in [-0.4, -0.2) is 40.0 Å². The summed E-state index contributed by atoms with van der Waals surface area (Å²) < 4.78 is 7.29. The number of imidazole rings is 1. The van der Waals surface area contributed by atoms with Gasteiger partial charge < -0.3 is 14.6 Å². The maximum atomic E-state index is 12.5. The van der Waals surface area contributed by atoms with Crippen molar-refractivity contribution in [3.63, 3.8) is 0 Å². The van der Waals surface area contributed by atoms with Crippen LogP contribution in [0.15, 0.2) is 17.6 Å². The van der Waals surface area contributed by atoms with Crippen LogP contribution < -0.4 is 5.32 Å². The molecular weight excluding hydrogens is 274 g/mol. The summed E-state index contributed by atoms with van der Waals surface area (Å²) >= 11 is 1.61. The van der Waals surface area contributed by atoms with E-state index < -0.39 is 5.54 Å². The van der Waals surface area contributed by atoms with Gasteiger partial charge in [0.2, 0.25) is 0 Å². The Bertz CT molecular complexity index is 459. The summed E-state index contributed by atoms with van der Waals surface area (Å²) in [7, 11) is 1.96. The van der Waals surface area contributed by atoms with Crippen molar-refractivity contribution in [2.45, 2.75) is 37.4 Å². The van der Waals surface area contributed by atoms with Crippen LogP contribution in [0, 0.1) is 5.92 Å². The fourth-order valence-corrected chi connectivity index (χ4v) is 3.64. The van der Waals surface area contributed by atoms with Gasteiger partial charge in [-0.05, 0) is 32.2 Å². The molecule has 0 saturated heterocycles. The number of carbonyl (C=O) groups is 1. The molecule has 1 unspecified atom stereocenters. The molecule has 1 aliphatic rings. The zero-order valence-corrected chi connectivity index (χ0v) is 13.2. The fourth-order valence-electron chi connectivity index (χ4n) is 2.43. The van der Waals surface area contributed by atoms with Crippen molar-refractivity contribution < 1.29 is 9.53 Å². The predicted octanol–water partition coefficient (Wildman–Crippen LogP) is 1.83. The molecule has 0 aromatic carbocycles. The third kappa shape index (κ3) is 3.17. The number of likely N-dealkylation sites (N-methyl/N-ethyl adjacent to an activating group) is 1. The van der Waals surface area contributed by atoms with E-state index in [0.29, 0.717) is 18.3 Å². The highest BCUT2D eigenvalue weighted by molar-refractivity contribution is 7.99. The van der Waals surface area contributed by atoms with Crippen molar-refractivity contribution >= 4 is 17.7 Å². The van der Waals surface area contributed by atoms with Crippen LogP contribution in [0.1, 0.15) is 26.7 Å². The second-order valence-corrected chi connectivity index (χ2v) is 6.05. The number of nitrogens with zero attached hydrogens (tertiary/aromatic N) is 2. The lowest BCUT2D eigenvalue weighted by molar-refractivity contribution is -0.151. The van der Waals surface area contributed by atoms with Crippen molar-refractivity contribution in [2.24, 2.45) is 13.0 Å². The maximum Gasteiger partial charge on any atom is 0.327 e. The van der Waals surface area contributed by atoms with Crippen LogP contribution in [0.5, 0.6) is 0 Å². The molecule has 5 nitrogen and oxygen atoms in total. The Morgan fingerprint density at radius 1 is 1.60 bits per heavy atom. The standard InChI is InChI=1S/C14H23N3O2S/c1-4-16-14(11-6-7-11,12(18)19-5-2)10-20-13-15-8-9-17(13)3/h8-9,11,16H,4-7,10H2,1-3H3. The number of rotatable bonds is 8. The molecule has 0 aliphatic heterocycles. The second-order valence-electron chi connectivity index (χ2n) is 5.11. The molecule has 0 bridgehead atoms. The molecule has 1 N–H and O–H groups in total. The summed E-state index contributed by atoms with van der Waals surface area (Å²) in [5.41, 5.74) is -0.568. The lowest BCUT2D eigenvalue weighted by Crippen LogP contribution is -2.57. The predicted molar refractivity (Wildman–Crippen MR) is 79.7 cm³/mol. The maximum absolute atomic E-state index is 12.5. The summed E-state index contributed by atoms with van der Waals surface area (Å²) in [5.74, 6) is 0.926. The Hall–Kier alpha value is -1.01. The SMILES string of the molecule is CCNC(CSc1nccn1C)(C(=O)OCC)C1CC1. The number of nitrogens with one attached hydrogen (secondary N) is 1. The molecule has 20 heavy (non-hydrogen) atoms. The molecule has 2 rings (SSSR count). The lowest BCUT2D eigenvalue weighted by Gasteiger charge is -2.32. The average Bonchev–Trinajstić information content (AvgIpc) is 3.19. The monoisotopic (exact) mass is 297 g/mol. The third-order valence-corrected chi connectivity index (χ3v) is 4.86. The number of aromatic nitrogens is 2. The number of carbonyl (C=O) groups excluding carboxylic acids is 1. The number of hydrogen-bond acceptors (Lipinski definition) is 5. The van der Waals surface area contributed by atoms with E-state index in [1.807, 2.05) is 31.7 Å². The van der Waals surface area contributed by atoms with Gasteiger partial charge in [-0.1, -0.05) is 18.7 Å². The van der Waals surface area contributed by atoms with Gasteiger partial charge in [-0.15, -0.1) is 0 Å². The van der Waals surface area contributed by atoms with Gasteiger partial charge in [0.25, 0.3) is 0 Å². The largest absolute Gasteiger partial charge is 0.465 e. The van der Waals surface area contributed by atoms with Crippen molar-refractivity contribution in [3.8, 4) is 0 Å². The highest BCUT2D eigenvalue weighted by atomic mass is 32.2. The zero-order chi connectivity index (χ0) is 14.6. The van der Waals surface area contributed by atoms with Gasteiger partial charge in [0.15, 0.2) is 5.16 Å². The second kappa shape index (κ2) is 6.63. The first-order valence-electron chi connectivity index (χ1n) is 7.16. The Balaban J connectivity index is 2.12. The number of esters is 1. The number of ether oxygens (including phenoxy) is 1. The van der Waals surface area contributed by atoms with Crippen LogP contribution in [-0.2, 0) is 16.6 Å². The molecule has 1 atom stereocenters. The molecule has 1 heterocycles. The van der Waals surface area contributed by atoms with Gasteiger partial charge in [-0.25, -0.2) is 4.98 Å². The molecule has 1 aliphatic carbocycles. The quantitative estimate of drug-likeness (QED) is 0.586. The van der Waals surface area contributed by atoms with Crippen LogP contribution >= 0.6 is 11.8 Å². The van der Waals surface area contributed by atoms with Crippen molar-refractivity contribution in [1.82, 2.24) is 14.9 Å². The van der Waals surface area contributed by atoms with Gasteiger partial charge in [-0.3, -0.25) is 4.79 Å². The minimum Gasteiger partial charge on any atom is -0.465 e. The van der Waals surface area contributed by atoms with Gasteiger partial charge in [0, 0.05) is 25.2 Å². The molecule has 1 aromatic rings. The summed E-state index contributed by atoms with van der Waals surface area (Å²) in [4.78, 5) is 16.8. The van der Waals surface area contributed by atoms with Crippen LogP contribution in [0.25, 0.3) is 0 Å². The highest BCUT2D eigenvalue weighted by Gasteiger charge is 2.51. The van der Waals surface area contributed by atoms with E-state index in [2.05, 4.69) is 10.3 Å². The first-order chi connectivity index (χ1) is 9.64. The first kappa shape index (κ1) is 15.4. The van der Waals surface area contributed by atoms with Gasteiger partial charge in [0.1, 0.15) is 5.54 Å². The molecule has 0 spiro atoms. The van der Waals surface area contributed by atoms with E-state index in [4.69, 9.17) is 4.74 Å². The fraction of sp³-hybridized carbons (Fsp3) is 0.714. The van der Waals surface area contributed by atoms with E-state index in [0.717, 1.165) is 24.5 Å². The molecule has 1 fully saturated rings. The van der Waals surface area contributed by atoms with E-state index in [1.54, 1.807) is 18.0 Å². The average molecular weight is 297 g/mol. The zero-order valence-electron chi connectivity index (χ0n) is 12.4. The van der Waals surface area contributed by atoms with E-state index in [1.165, 1.54) is 0 Å². The number of aryl methyl sites for hydroxylation is 1. The molecule has 0 amide bonds. The minimum absolute atomic E-state index is 0.119. The molecule has 6 heteroatoms. The van der Waals surface area contributed by atoms with Crippen LogP contribution in [0.4, 0.5) is 0 Å². The van der Waals surface area contributed by atoms with Gasteiger partial charge >= 0.3 is 5.97 Å². The molecule has 112 valence electrons. The molecule has 0 radical (unpaired) electrons. The summed E-state index contributed by atoms with van der Waals surface area (Å²) in [6, 6.07) is 0. The number of hydrogen-bond donors (Lipinski definition) is 1. The van der Waals surface area contributed by atoms with Crippen LogP contribution in [0.2, 0.25) is 0 Å². The Morgan fingerprint density at radius 2 is 2.35 bits per heavy atom. The summed E-state index contributed by atoms with van der Waals surface area (Å²) in [5, 5.41) is 4.32. The first-order valence-corrected chi connectivity index (χ1v) is 8.15. The topological polar surface area (TPSA) is 56.2 Å². The lowest BCUT2D eigenvalue weighted by atomic mass is 9.95. The summed E-state index contributed by atoms with van der Waals surface area (Å²) in [6.07, 6.45) is 5.87. The van der Waals surface area contributed by atoms with Gasteiger partial charge in [0.05, 0.1) is 6.61 Å². The van der Waals surface area contributed by atoms with E-state index in [-0.39, 0.29) is 5.97 Å². The van der Waals surface area contributed by atoms with Crippen LogP contribution in [0.3, 0.4) is 0 Å². The van der Waals surface area contributed by atoms with Crippen molar-refractivity contribution in [1.29, 1.82) is 0 Å². The van der Waals surface area contributed by atoms with Gasteiger partial charge in [-0.2, -0.15) is 0 Å². The highest BCUT2D eigenvalue weighted by Crippen LogP contribution is 2.43. The third-order valence-electron chi connectivity index (χ3n) is 3.61. The van der Waals surface area contributed by atoms with E-state index in [9.17, 15) is 4.79 Å². The molecule has 1 aromatic heterocycles. The van der Waals surface area contributed by atoms with Crippen molar-refractivity contribution in [3.05, 3.63) is 12.4 Å². The Labute approximate surface area is 124 Å². The van der Waals surface area contributed by atoms with Crippen molar-refractivity contribution in [2.75, 3.05) is 18.9 Å². The number of thioether (sulfide) groups is 1. The summed E-state index contributed by atoms with van der Waals surface area (Å²) in [6.45, 7) is 5.07. The van der Waals surface area contributed by atoms with E-state index >= 15 is 0 Å². The minimum atomic E-state index is -0.568. The molecule has 1 saturated carbocycles. The smallest absolute Gasteiger partial charge is 0.327 e. The Morgan fingerprint density at radius 3 is 2.85 bits per heavy atom. The Kier molecular flexibility index (Phi) is 5.10. The molecular formula is C14H23N3O2S. The normalized spacial score (nSPS) is 17.8.